The monoisotopic (exact) mass is 205 g/mol. The van der Waals surface area contributed by atoms with Crippen molar-refractivity contribution < 1.29 is 9.53 Å². The maximum absolute atomic E-state index is 11.0. The molecule has 0 heterocycles. The molecule has 80 valence electrons. The zero-order valence-electron chi connectivity index (χ0n) is 8.61. The molecule has 15 heavy (non-hydrogen) atoms. The van der Waals surface area contributed by atoms with Crippen LogP contribution in [0.2, 0.25) is 0 Å². The lowest BCUT2D eigenvalue weighted by molar-refractivity contribution is 0.158. The lowest BCUT2D eigenvalue weighted by Gasteiger charge is -2.04. The summed E-state index contributed by atoms with van der Waals surface area (Å²) in [5.74, 6) is 0. The van der Waals surface area contributed by atoms with Gasteiger partial charge in [0.25, 0.3) is 0 Å². The quantitative estimate of drug-likeness (QED) is 0.748. The van der Waals surface area contributed by atoms with Crippen molar-refractivity contribution in [3.63, 3.8) is 0 Å². The molecule has 0 aliphatic carbocycles. The van der Waals surface area contributed by atoms with Crippen LogP contribution in [0.1, 0.15) is 5.56 Å². The van der Waals surface area contributed by atoms with Gasteiger partial charge in [-0.05, 0) is 12.0 Å². The number of ether oxygens (including phenoxy) is 1. The zero-order valence-corrected chi connectivity index (χ0v) is 8.61. The average Bonchev–Trinajstić information content (AvgIpc) is 2.28. The van der Waals surface area contributed by atoms with Crippen molar-refractivity contribution in [2.75, 3.05) is 13.2 Å². The molecule has 0 fully saturated rings. The van der Waals surface area contributed by atoms with E-state index in [9.17, 15) is 4.79 Å². The largest absolute Gasteiger partial charge is 0.445 e. The summed E-state index contributed by atoms with van der Waals surface area (Å²) in [5.41, 5.74) is 1.20. The first-order valence-corrected chi connectivity index (χ1v) is 4.88. The van der Waals surface area contributed by atoms with Crippen LogP contribution in [-0.2, 0) is 11.2 Å². The van der Waals surface area contributed by atoms with Crippen LogP contribution in [0.5, 0.6) is 0 Å². The molecule has 0 aliphatic rings. The van der Waals surface area contributed by atoms with Gasteiger partial charge in [-0.15, -0.1) is 0 Å². The predicted molar refractivity (Wildman–Crippen MR) is 59.7 cm³/mol. The normalized spacial score (nSPS) is 9.33. The van der Waals surface area contributed by atoms with E-state index >= 15 is 0 Å². The first kappa shape index (κ1) is 11.3. The third-order valence-electron chi connectivity index (χ3n) is 1.86. The van der Waals surface area contributed by atoms with Crippen molar-refractivity contribution >= 4 is 6.09 Å². The van der Waals surface area contributed by atoms with Crippen molar-refractivity contribution in [1.29, 1.82) is 0 Å². The molecule has 0 saturated heterocycles. The second-order valence-corrected chi connectivity index (χ2v) is 3.05. The summed E-state index contributed by atoms with van der Waals surface area (Å²) in [6.07, 6.45) is 1.95. The maximum Gasteiger partial charge on any atom is 0.407 e. The number of benzene rings is 1. The van der Waals surface area contributed by atoms with E-state index in [-0.39, 0.29) is 6.61 Å². The standard InChI is InChI=1S/C12H15NO2/c1-2-10-15-12(14)13-9-8-11-6-4-3-5-7-11/h2-7H,1,8-10H2,(H,13,14). The van der Waals surface area contributed by atoms with E-state index in [4.69, 9.17) is 4.74 Å². The Balaban J connectivity index is 2.16. The summed E-state index contributed by atoms with van der Waals surface area (Å²) in [7, 11) is 0. The van der Waals surface area contributed by atoms with Crippen molar-refractivity contribution in [3.8, 4) is 0 Å². The van der Waals surface area contributed by atoms with Crippen LogP contribution in [0.4, 0.5) is 4.79 Å². The van der Waals surface area contributed by atoms with Gasteiger partial charge in [0.15, 0.2) is 0 Å². The minimum atomic E-state index is -0.397. The van der Waals surface area contributed by atoms with Crippen molar-refractivity contribution in [3.05, 3.63) is 48.6 Å². The van der Waals surface area contributed by atoms with Crippen LogP contribution < -0.4 is 5.32 Å². The Kier molecular flexibility index (Phi) is 5.01. The molecule has 0 bridgehead atoms. The predicted octanol–water partition coefficient (Wildman–Crippen LogP) is 2.14. The number of rotatable bonds is 5. The van der Waals surface area contributed by atoms with E-state index in [1.165, 1.54) is 11.6 Å². The van der Waals surface area contributed by atoms with E-state index in [1.54, 1.807) is 0 Å². The molecule has 0 unspecified atom stereocenters. The second-order valence-electron chi connectivity index (χ2n) is 3.05. The molecule has 1 aromatic rings. The molecule has 0 aromatic heterocycles. The molecule has 0 radical (unpaired) electrons. The van der Waals surface area contributed by atoms with E-state index in [1.807, 2.05) is 30.3 Å². The number of hydrogen-bond donors (Lipinski definition) is 1. The number of amides is 1. The second kappa shape index (κ2) is 6.65. The molecular weight excluding hydrogens is 190 g/mol. The van der Waals surface area contributed by atoms with Gasteiger partial charge in [-0.1, -0.05) is 43.0 Å². The zero-order chi connectivity index (χ0) is 10.9. The van der Waals surface area contributed by atoms with Gasteiger partial charge in [-0.25, -0.2) is 4.79 Å². The van der Waals surface area contributed by atoms with Crippen LogP contribution in [0.25, 0.3) is 0 Å². The van der Waals surface area contributed by atoms with Gasteiger partial charge in [0.1, 0.15) is 6.61 Å². The average molecular weight is 205 g/mol. The minimum absolute atomic E-state index is 0.247. The first-order valence-electron chi connectivity index (χ1n) is 4.88. The van der Waals surface area contributed by atoms with E-state index in [0.29, 0.717) is 6.54 Å². The summed E-state index contributed by atoms with van der Waals surface area (Å²) in [4.78, 5) is 11.0. The van der Waals surface area contributed by atoms with Gasteiger partial charge >= 0.3 is 6.09 Å². The van der Waals surface area contributed by atoms with E-state index in [0.717, 1.165) is 6.42 Å². The van der Waals surface area contributed by atoms with Crippen LogP contribution in [0.3, 0.4) is 0 Å². The molecule has 0 spiro atoms. The lowest BCUT2D eigenvalue weighted by Crippen LogP contribution is -2.26. The van der Waals surface area contributed by atoms with Gasteiger partial charge in [0.05, 0.1) is 0 Å². The van der Waals surface area contributed by atoms with Crippen LogP contribution in [0.15, 0.2) is 43.0 Å². The molecule has 1 aromatic carbocycles. The highest BCUT2D eigenvalue weighted by Crippen LogP contribution is 1.98. The molecule has 0 atom stereocenters. The van der Waals surface area contributed by atoms with Gasteiger partial charge in [0, 0.05) is 6.54 Å². The number of carbonyl (C=O) groups excluding carboxylic acids is 1. The van der Waals surface area contributed by atoms with Gasteiger partial charge in [-0.2, -0.15) is 0 Å². The van der Waals surface area contributed by atoms with Crippen LogP contribution in [-0.4, -0.2) is 19.2 Å². The van der Waals surface area contributed by atoms with Crippen LogP contribution >= 0.6 is 0 Å². The molecule has 3 nitrogen and oxygen atoms in total. The topological polar surface area (TPSA) is 38.3 Å². The summed E-state index contributed by atoms with van der Waals surface area (Å²) >= 11 is 0. The highest BCUT2D eigenvalue weighted by atomic mass is 16.5. The number of hydrogen-bond acceptors (Lipinski definition) is 2. The Labute approximate surface area is 89.8 Å². The Morgan fingerprint density at radius 1 is 1.40 bits per heavy atom. The fraction of sp³-hybridized carbons (Fsp3) is 0.250. The van der Waals surface area contributed by atoms with E-state index in [2.05, 4.69) is 11.9 Å². The first-order chi connectivity index (χ1) is 7.33. The fourth-order valence-electron chi connectivity index (χ4n) is 1.14. The van der Waals surface area contributed by atoms with Crippen molar-refractivity contribution in [2.24, 2.45) is 0 Å². The SMILES string of the molecule is C=CCOC(=O)NCCc1ccccc1. The molecule has 0 aliphatic heterocycles. The minimum Gasteiger partial charge on any atom is -0.445 e. The van der Waals surface area contributed by atoms with Crippen molar-refractivity contribution in [2.45, 2.75) is 6.42 Å². The number of nitrogens with one attached hydrogen (secondary N) is 1. The fourth-order valence-corrected chi connectivity index (χ4v) is 1.14. The molecule has 1 N–H and O–H groups in total. The van der Waals surface area contributed by atoms with Gasteiger partial charge < -0.3 is 10.1 Å². The highest BCUT2D eigenvalue weighted by Gasteiger charge is 1.98. The Hall–Kier alpha value is -1.77. The van der Waals surface area contributed by atoms with Gasteiger partial charge in [-0.3, -0.25) is 0 Å². The lowest BCUT2D eigenvalue weighted by atomic mass is 10.1. The third kappa shape index (κ3) is 4.86. The highest BCUT2D eigenvalue weighted by molar-refractivity contribution is 5.67. The smallest absolute Gasteiger partial charge is 0.407 e. The molecule has 1 amide bonds. The number of alkyl carbamates (subject to hydrolysis) is 1. The Morgan fingerprint density at radius 3 is 2.80 bits per heavy atom. The molecule has 0 saturated carbocycles. The van der Waals surface area contributed by atoms with Crippen LogP contribution in [0, 0.1) is 0 Å². The molecule has 3 heteroatoms. The van der Waals surface area contributed by atoms with Crippen molar-refractivity contribution in [1.82, 2.24) is 5.32 Å². The summed E-state index contributed by atoms with van der Waals surface area (Å²) < 4.78 is 4.76. The summed E-state index contributed by atoms with van der Waals surface area (Å²) in [5, 5.41) is 2.66. The Morgan fingerprint density at radius 2 is 2.13 bits per heavy atom. The summed E-state index contributed by atoms with van der Waals surface area (Å²) in [6, 6.07) is 9.97. The van der Waals surface area contributed by atoms with E-state index < -0.39 is 6.09 Å². The maximum atomic E-state index is 11.0. The summed E-state index contributed by atoms with van der Waals surface area (Å²) in [6.45, 7) is 4.29. The Bertz CT molecular complexity index is 309. The van der Waals surface area contributed by atoms with Gasteiger partial charge in [0.2, 0.25) is 0 Å². The third-order valence-corrected chi connectivity index (χ3v) is 1.86. The number of carbonyl (C=O) groups is 1. The molecule has 1 rings (SSSR count). The molecular formula is C12H15NO2.